The topological polar surface area (TPSA) is 53.2 Å². The lowest BCUT2D eigenvalue weighted by atomic mass is 10.5. The van der Waals surface area contributed by atoms with Crippen LogP contribution in [0.2, 0.25) is 26.2 Å². The Balaban J connectivity index is 2.12. The highest BCUT2D eigenvalue weighted by atomic mass is 28.4. The number of nitrogens with zero attached hydrogens (tertiary/aromatic N) is 2. The molecular weight excluding hydrogens is 324 g/mol. The van der Waals surface area contributed by atoms with Gasteiger partial charge in [0, 0.05) is 36.9 Å². The molecule has 124 valence electrons. The van der Waals surface area contributed by atoms with Gasteiger partial charge in [0.2, 0.25) is 11.1 Å². The van der Waals surface area contributed by atoms with Gasteiger partial charge >= 0.3 is 0 Å². The molecule has 2 aromatic rings. The van der Waals surface area contributed by atoms with Crippen LogP contribution in [0.5, 0.6) is 0 Å². The molecule has 0 aliphatic carbocycles. The molecule has 0 spiro atoms. The molecule has 0 N–H and O–H groups in total. The fraction of sp³-hybridized carbons (Fsp3) is 0.375. The third kappa shape index (κ3) is 5.16. The average Bonchev–Trinajstić information content (AvgIpc) is 2.42. The normalized spacial score (nSPS) is 12.3. The summed E-state index contributed by atoms with van der Waals surface area (Å²) < 4.78 is 9.93. The molecule has 2 rings (SSSR count). The number of hydrogen-bond acceptors (Lipinski definition) is 3. The van der Waals surface area contributed by atoms with E-state index in [1.165, 1.54) is 0 Å². The van der Waals surface area contributed by atoms with E-state index in [-0.39, 0.29) is 11.1 Å². The van der Waals surface area contributed by atoms with Crippen LogP contribution in [0.3, 0.4) is 0 Å². The Labute approximate surface area is 138 Å². The van der Waals surface area contributed by atoms with Gasteiger partial charge in [-0.1, -0.05) is 12.1 Å². The van der Waals surface area contributed by atoms with E-state index >= 15 is 0 Å². The minimum atomic E-state index is -2.07. The van der Waals surface area contributed by atoms with Crippen molar-refractivity contribution < 1.29 is 4.12 Å². The number of rotatable bonds is 6. The molecule has 5 nitrogen and oxygen atoms in total. The van der Waals surface area contributed by atoms with Gasteiger partial charge in [-0.2, -0.15) is 0 Å². The highest BCUT2D eigenvalue weighted by Crippen LogP contribution is 2.17. The Morgan fingerprint density at radius 2 is 1.17 bits per heavy atom. The first-order valence-corrected chi connectivity index (χ1v) is 13.9. The monoisotopic (exact) mass is 348 g/mol. The second-order valence-electron chi connectivity index (χ2n) is 6.96. The summed E-state index contributed by atoms with van der Waals surface area (Å²) in [6.07, 6.45) is 4.84. The van der Waals surface area contributed by atoms with E-state index in [0.717, 1.165) is 0 Å². The smallest absolute Gasteiger partial charge is 0.250 e. The van der Waals surface area contributed by atoms with E-state index in [9.17, 15) is 9.59 Å². The van der Waals surface area contributed by atoms with Crippen molar-refractivity contribution in [2.45, 2.75) is 38.5 Å². The molecule has 0 aliphatic rings. The third-order valence-corrected chi connectivity index (χ3v) is 10.1. The summed E-state index contributed by atoms with van der Waals surface area (Å²) in [5.74, 6) is 0. The molecule has 7 heteroatoms. The Bertz CT molecular complexity index is 715. The summed E-state index contributed by atoms with van der Waals surface area (Å²) in [5, 5.41) is 0. The van der Waals surface area contributed by atoms with Gasteiger partial charge in [0.1, 0.15) is 0 Å². The minimum absolute atomic E-state index is 0.00423. The molecule has 0 aromatic carbocycles. The van der Waals surface area contributed by atoms with Crippen LogP contribution in [-0.4, -0.2) is 25.8 Å². The van der Waals surface area contributed by atoms with E-state index in [1.54, 1.807) is 45.8 Å². The number of pyridine rings is 2. The van der Waals surface area contributed by atoms with Crippen molar-refractivity contribution >= 4 is 16.6 Å². The van der Waals surface area contributed by atoms with Crippen molar-refractivity contribution in [3.05, 3.63) is 69.5 Å². The number of hydrogen-bond donors (Lipinski definition) is 0. The summed E-state index contributed by atoms with van der Waals surface area (Å²) in [7, 11) is -4.15. The standard InChI is InChI=1S/C16H24N2O3Si2/c1-22(2,13-17-11-7-5-9-15(17)19)21-23(3,4)14-18-12-8-6-10-16(18)20/h5-12H,13-14H2,1-4H3. The molecule has 0 aliphatic heterocycles. The largest absolute Gasteiger partial charge is 0.453 e. The Kier molecular flexibility index (Phi) is 5.23. The van der Waals surface area contributed by atoms with Crippen molar-refractivity contribution in [2.24, 2.45) is 0 Å². The van der Waals surface area contributed by atoms with Crippen LogP contribution >= 0.6 is 0 Å². The van der Waals surface area contributed by atoms with Gasteiger partial charge in [0.25, 0.3) is 0 Å². The van der Waals surface area contributed by atoms with Crippen LogP contribution < -0.4 is 11.1 Å². The second kappa shape index (κ2) is 6.82. The molecule has 2 aromatic heterocycles. The summed E-state index contributed by atoms with van der Waals surface area (Å²) in [5.41, 5.74) is -0.00847. The Hall–Kier alpha value is -1.71. The van der Waals surface area contributed by atoms with Crippen LogP contribution in [0.4, 0.5) is 0 Å². The van der Waals surface area contributed by atoms with Crippen LogP contribution in [0.15, 0.2) is 58.4 Å². The first-order chi connectivity index (χ1) is 10.7. The average molecular weight is 349 g/mol. The van der Waals surface area contributed by atoms with Crippen molar-refractivity contribution in [3.63, 3.8) is 0 Å². The van der Waals surface area contributed by atoms with Crippen LogP contribution in [0, 0.1) is 0 Å². The molecule has 0 radical (unpaired) electrons. The van der Waals surface area contributed by atoms with Crippen LogP contribution in [-0.2, 0) is 16.5 Å². The van der Waals surface area contributed by atoms with E-state index < -0.39 is 16.6 Å². The van der Waals surface area contributed by atoms with Crippen molar-refractivity contribution in [1.29, 1.82) is 0 Å². The summed E-state index contributed by atoms with van der Waals surface area (Å²) in [6.45, 7) is 8.48. The summed E-state index contributed by atoms with van der Waals surface area (Å²) >= 11 is 0. The molecule has 23 heavy (non-hydrogen) atoms. The van der Waals surface area contributed by atoms with Gasteiger partial charge in [-0.25, -0.2) is 0 Å². The maximum Gasteiger partial charge on any atom is 0.250 e. The fourth-order valence-electron chi connectivity index (χ4n) is 2.82. The highest BCUT2D eigenvalue weighted by Gasteiger charge is 2.34. The van der Waals surface area contributed by atoms with Gasteiger partial charge < -0.3 is 13.2 Å². The SMILES string of the molecule is C[Si](C)(Cn1ccccc1=O)O[Si](C)(C)Cn1ccccc1=O. The molecule has 0 fully saturated rings. The molecule has 0 saturated heterocycles. The van der Waals surface area contributed by atoms with E-state index in [0.29, 0.717) is 12.3 Å². The Morgan fingerprint density at radius 1 is 0.783 bits per heavy atom. The van der Waals surface area contributed by atoms with E-state index in [1.807, 2.05) is 12.1 Å². The van der Waals surface area contributed by atoms with Crippen molar-refractivity contribution in [2.75, 3.05) is 0 Å². The van der Waals surface area contributed by atoms with E-state index in [4.69, 9.17) is 4.12 Å². The first kappa shape index (κ1) is 17.6. The van der Waals surface area contributed by atoms with Gasteiger partial charge in [-0.15, -0.1) is 0 Å². The van der Waals surface area contributed by atoms with Crippen molar-refractivity contribution in [3.8, 4) is 0 Å². The number of aromatic nitrogens is 2. The summed E-state index contributed by atoms with van der Waals surface area (Å²) in [4.78, 5) is 23.8. The zero-order valence-corrected chi connectivity index (χ0v) is 16.2. The summed E-state index contributed by atoms with van der Waals surface area (Å²) in [6, 6.07) is 10.3. The predicted molar refractivity (Wildman–Crippen MR) is 97.5 cm³/mol. The third-order valence-electron chi connectivity index (χ3n) is 3.45. The zero-order valence-electron chi connectivity index (χ0n) is 14.2. The van der Waals surface area contributed by atoms with E-state index in [2.05, 4.69) is 26.2 Å². The minimum Gasteiger partial charge on any atom is -0.453 e. The molecule has 0 unspecified atom stereocenters. The van der Waals surface area contributed by atoms with Gasteiger partial charge in [0.15, 0.2) is 16.6 Å². The van der Waals surface area contributed by atoms with Gasteiger partial charge in [-0.3, -0.25) is 9.59 Å². The lowest BCUT2D eigenvalue weighted by Crippen LogP contribution is -2.51. The molecule has 0 amide bonds. The Morgan fingerprint density at radius 3 is 1.52 bits per heavy atom. The van der Waals surface area contributed by atoms with Gasteiger partial charge in [0.05, 0.1) is 0 Å². The molecule has 0 bridgehead atoms. The van der Waals surface area contributed by atoms with Gasteiger partial charge in [-0.05, 0) is 38.3 Å². The van der Waals surface area contributed by atoms with Crippen LogP contribution in [0.1, 0.15) is 0 Å². The molecule has 2 heterocycles. The fourth-order valence-corrected chi connectivity index (χ4v) is 11.5. The molecular formula is C16H24N2O3Si2. The maximum atomic E-state index is 11.9. The first-order valence-electron chi connectivity index (χ1n) is 7.70. The van der Waals surface area contributed by atoms with Crippen LogP contribution in [0.25, 0.3) is 0 Å². The predicted octanol–water partition coefficient (Wildman–Crippen LogP) is 2.22. The van der Waals surface area contributed by atoms with Crippen molar-refractivity contribution in [1.82, 2.24) is 9.13 Å². The molecule has 0 saturated carbocycles. The quantitative estimate of drug-likeness (QED) is 0.752. The highest BCUT2D eigenvalue weighted by molar-refractivity contribution is 6.83. The zero-order chi connectivity index (χ0) is 17.1. The lowest BCUT2D eigenvalue weighted by Gasteiger charge is -2.34. The lowest BCUT2D eigenvalue weighted by molar-refractivity contribution is 0.504. The maximum absolute atomic E-state index is 11.9. The molecule has 0 atom stereocenters. The second-order valence-corrected chi connectivity index (χ2v) is 15.4.